The van der Waals surface area contributed by atoms with E-state index in [0.717, 1.165) is 12.0 Å². The van der Waals surface area contributed by atoms with Gasteiger partial charge in [-0.05, 0) is 37.5 Å². The summed E-state index contributed by atoms with van der Waals surface area (Å²) >= 11 is 0. The highest BCUT2D eigenvalue weighted by atomic mass is 19.1. The fraction of sp³-hybridized carbons (Fsp3) is 0.235. The Balaban J connectivity index is 1.94. The first-order chi connectivity index (χ1) is 9.58. The van der Waals surface area contributed by atoms with E-state index >= 15 is 0 Å². The zero-order valence-corrected chi connectivity index (χ0v) is 11.7. The molecule has 0 atom stereocenters. The first kappa shape index (κ1) is 14.3. The molecule has 2 rings (SSSR count). The minimum atomic E-state index is -0.444. The minimum Gasteiger partial charge on any atom is -0.352 e. The molecule has 20 heavy (non-hydrogen) atoms. The molecule has 0 aliphatic carbocycles. The second-order valence-corrected chi connectivity index (χ2v) is 4.93. The molecular formula is C17H18FNO. The summed E-state index contributed by atoms with van der Waals surface area (Å²) in [5.41, 5.74) is 2.94. The molecule has 1 N–H and O–H groups in total. The second-order valence-electron chi connectivity index (χ2n) is 4.93. The molecule has 2 nitrogen and oxygen atoms in total. The van der Waals surface area contributed by atoms with E-state index in [0.29, 0.717) is 12.1 Å². The van der Waals surface area contributed by atoms with Crippen molar-refractivity contribution in [3.8, 4) is 0 Å². The first-order valence-electron chi connectivity index (χ1n) is 6.67. The molecule has 2 aromatic rings. The van der Waals surface area contributed by atoms with Crippen LogP contribution in [0.1, 0.15) is 27.0 Å². The number of rotatable bonds is 4. The largest absolute Gasteiger partial charge is 0.352 e. The minimum absolute atomic E-state index is 0.106. The van der Waals surface area contributed by atoms with Crippen LogP contribution in [0.15, 0.2) is 42.5 Å². The van der Waals surface area contributed by atoms with Crippen LogP contribution in [-0.4, -0.2) is 12.5 Å². The van der Waals surface area contributed by atoms with Crippen LogP contribution >= 0.6 is 0 Å². The summed E-state index contributed by atoms with van der Waals surface area (Å²) in [5, 5.41) is 2.76. The first-order valence-corrected chi connectivity index (χ1v) is 6.67. The Kier molecular flexibility index (Phi) is 4.51. The summed E-state index contributed by atoms with van der Waals surface area (Å²) in [6, 6.07) is 13.0. The van der Waals surface area contributed by atoms with Crippen LogP contribution in [0.2, 0.25) is 0 Å². The van der Waals surface area contributed by atoms with Crippen LogP contribution in [0.4, 0.5) is 4.39 Å². The number of hydrogen-bond acceptors (Lipinski definition) is 1. The number of carbonyl (C=O) groups excluding carboxylic acids is 1. The van der Waals surface area contributed by atoms with E-state index < -0.39 is 5.82 Å². The van der Waals surface area contributed by atoms with Crippen molar-refractivity contribution in [1.29, 1.82) is 0 Å². The quantitative estimate of drug-likeness (QED) is 0.907. The fourth-order valence-electron chi connectivity index (χ4n) is 2.11. The van der Waals surface area contributed by atoms with Crippen molar-refractivity contribution >= 4 is 5.91 Å². The molecule has 0 saturated carbocycles. The van der Waals surface area contributed by atoms with Gasteiger partial charge in [0, 0.05) is 6.54 Å². The lowest BCUT2D eigenvalue weighted by molar-refractivity contribution is 0.0950. The molecule has 0 aliphatic heterocycles. The van der Waals surface area contributed by atoms with E-state index in [2.05, 4.69) is 11.4 Å². The highest BCUT2D eigenvalue weighted by molar-refractivity contribution is 5.94. The zero-order chi connectivity index (χ0) is 14.5. The summed E-state index contributed by atoms with van der Waals surface area (Å²) in [5.74, 6) is -0.806. The smallest absolute Gasteiger partial charge is 0.254 e. The van der Waals surface area contributed by atoms with E-state index in [4.69, 9.17) is 0 Å². The predicted molar refractivity (Wildman–Crippen MR) is 78.4 cm³/mol. The molecule has 0 unspecified atom stereocenters. The fourth-order valence-corrected chi connectivity index (χ4v) is 2.11. The number of aryl methyl sites for hydroxylation is 2. The number of carbonyl (C=O) groups is 1. The maximum Gasteiger partial charge on any atom is 0.254 e. The van der Waals surface area contributed by atoms with Crippen LogP contribution in [0, 0.1) is 19.7 Å². The lowest BCUT2D eigenvalue weighted by atomic mass is 10.1. The van der Waals surface area contributed by atoms with Crippen molar-refractivity contribution in [2.24, 2.45) is 0 Å². The maximum atomic E-state index is 13.8. The van der Waals surface area contributed by atoms with Crippen molar-refractivity contribution in [3.05, 3.63) is 70.5 Å². The lowest BCUT2D eigenvalue weighted by Crippen LogP contribution is -2.26. The van der Waals surface area contributed by atoms with Crippen LogP contribution in [0.5, 0.6) is 0 Å². The Bertz CT molecular complexity index is 622. The van der Waals surface area contributed by atoms with Gasteiger partial charge in [-0.1, -0.05) is 42.0 Å². The molecule has 0 radical (unpaired) electrons. The Morgan fingerprint density at radius 1 is 1.15 bits per heavy atom. The van der Waals surface area contributed by atoms with Gasteiger partial charge < -0.3 is 5.32 Å². The zero-order valence-electron chi connectivity index (χ0n) is 11.7. The Morgan fingerprint density at radius 2 is 1.90 bits per heavy atom. The number of hydrogen-bond donors (Lipinski definition) is 1. The topological polar surface area (TPSA) is 29.1 Å². The van der Waals surface area contributed by atoms with Gasteiger partial charge in [0.25, 0.3) is 5.91 Å². The van der Waals surface area contributed by atoms with E-state index in [1.807, 2.05) is 25.1 Å². The summed E-state index contributed by atoms with van der Waals surface area (Å²) in [6.45, 7) is 4.18. The molecule has 0 bridgehead atoms. The van der Waals surface area contributed by atoms with Gasteiger partial charge in [-0.2, -0.15) is 0 Å². The van der Waals surface area contributed by atoms with Crippen LogP contribution in [0.25, 0.3) is 0 Å². The number of amides is 1. The van der Waals surface area contributed by atoms with Gasteiger partial charge in [-0.15, -0.1) is 0 Å². The molecule has 0 aromatic heterocycles. The third-order valence-electron chi connectivity index (χ3n) is 3.22. The molecule has 0 fully saturated rings. The van der Waals surface area contributed by atoms with Crippen molar-refractivity contribution in [3.63, 3.8) is 0 Å². The SMILES string of the molecule is Cc1cccc(CCNC(=O)c2cccc(C)c2F)c1. The van der Waals surface area contributed by atoms with E-state index in [9.17, 15) is 9.18 Å². The highest BCUT2D eigenvalue weighted by Crippen LogP contribution is 2.11. The maximum absolute atomic E-state index is 13.8. The van der Waals surface area contributed by atoms with E-state index in [1.165, 1.54) is 11.6 Å². The van der Waals surface area contributed by atoms with Gasteiger partial charge in [-0.25, -0.2) is 4.39 Å². The van der Waals surface area contributed by atoms with Gasteiger partial charge >= 0.3 is 0 Å². The number of halogens is 1. The van der Waals surface area contributed by atoms with Crippen LogP contribution in [0.3, 0.4) is 0 Å². The van der Waals surface area contributed by atoms with Crippen LogP contribution in [-0.2, 0) is 6.42 Å². The molecular weight excluding hydrogens is 253 g/mol. The normalized spacial score (nSPS) is 10.3. The summed E-state index contributed by atoms with van der Waals surface area (Å²) < 4.78 is 13.8. The molecule has 0 aliphatic rings. The third kappa shape index (κ3) is 3.44. The van der Waals surface area contributed by atoms with Crippen molar-refractivity contribution < 1.29 is 9.18 Å². The summed E-state index contributed by atoms with van der Waals surface area (Å²) in [7, 11) is 0. The average molecular weight is 271 g/mol. The third-order valence-corrected chi connectivity index (χ3v) is 3.22. The van der Waals surface area contributed by atoms with Gasteiger partial charge in [0.05, 0.1) is 5.56 Å². The van der Waals surface area contributed by atoms with Gasteiger partial charge in [0.1, 0.15) is 5.82 Å². The molecule has 1 amide bonds. The van der Waals surface area contributed by atoms with E-state index in [-0.39, 0.29) is 11.5 Å². The lowest BCUT2D eigenvalue weighted by Gasteiger charge is -2.08. The van der Waals surface area contributed by atoms with Gasteiger partial charge in [-0.3, -0.25) is 4.79 Å². The number of nitrogens with one attached hydrogen (secondary N) is 1. The van der Waals surface area contributed by atoms with Crippen molar-refractivity contribution in [2.75, 3.05) is 6.54 Å². The molecule has 2 aromatic carbocycles. The average Bonchev–Trinajstić information content (AvgIpc) is 2.42. The molecule has 104 valence electrons. The highest BCUT2D eigenvalue weighted by Gasteiger charge is 2.12. The summed E-state index contributed by atoms with van der Waals surface area (Å²) in [6.07, 6.45) is 0.737. The van der Waals surface area contributed by atoms with E-state index in [1.54, 1.807) is 19.1 Å². The molecule has 0 spiro atoms. The second kappa shape index (κ2) is 6.33. The molecule has 3 heteroatoms. The van der Waals surface area contributed by atoms with Gasteiger partial charge in [0.15, 0.2) is 0 Å². The monoisotopic (exact) mass is 271 g/mol. The Hall–Kier alpha value is -2.16. The number of benzene rings is 2. The van der Waals surface area contributed by atoms with Crippen molar-refractivity contribution in [1.82, 2.24) is 5.32 Å². The molecule has 0 heterocycles. The summed E-state index contributed by atoms with van der Waals surface area (Å²) in [4.78, 5) is 11.9. The molecule has 0 saturated heterocycles. The van der Waals surface area contributed by atoms with Gasteiger partial charge in [0.2, 0.25) is 0 Å². The van der Waals surface area contributed by atoms with Crippen LogP contribution < -0.4 is 5.32 Å². The Morgan fingerprint density at radius 3 is 2.65 bits per heavy atom. The Labute approximate surface area is 118 Å². The standard InChI is InChI=1S/C17H18FNO/c1-12-5-3-7-14(11-12)9-10-19-17(20)15-8-4-6-13(2)16(15)18/h3-8,11H,9-10H2,1-2H3,(H,19,20). The van der Waals surface area contributed by atoms with Crippen molar-refractivity contribution in [2.45, 2.75) is 20.3 Å². The predicted octanol–water partition coefficient (Wildman–Crippen LogP) is 3.42.